The Balaban J connectivity index is 2.76. The van der Waals surface area contributed by atoms with Crippen LogP contribution in [0.25, 0.3) is 0 Å². The molecular formula is C13H24F3NO. The maximum Gasteiger partial charge on any atom is 0.401 e. The van der Waals surface area contributed by atoms with Crippen molar-refractivity contribution in [3.05, 3.63) is 0 Å². The number of hydrogen-bond acceptors (Lipinski definition) is 2. The molecule has 0 aliphatic heterocycles. The van der Waals surface area contributed by atoms with Gasteiger partial charge in [-0.2, -0.15) is 13.2 Å². The van der Waals surface area contributed by atoms with Crippen LogP contribution in [0.2, 0.25) is 0 Å². The van der Waals surface area contributed by atoms with E-state index in [9.17, 15) is 18.3 Å². The fourth-order valence-electron chi connectivity index (χ4n) is 2.83. The van der Waals surface area contributed by atoms with Gasteiger partial charge in [0.25, 0.3) is 0 Å². The quantitative estimate of drug-likeness (QED) is 0.845. The van der Waals surface area contributed by atoms with Gasteiger partial charge in [0.15, 0.2) is 0 Å². The van der Waals surface area contributed by atoms with E-state index in [2.05, 4.69) is 6.92 Å². The Bertz CT molecular complexity index is 255. The summed E-state index contributed by atoms with van der Waals surface area (Å²) in [6.45, 7) is 4.65. The largest absolute Gasteiger partial charge is 0.401 e. The second kappa shape index (κ2) is 6.24. The van der Waals surface area contributed by atoms with E-state index < -0.39 is 18.8 Å². The van der Waals surface area contributed by atoms with Crippen molar-refractivity contribution in [3.8, 4) is 0 Å². The van der Waals surface area contributed by atoms with Crippen molar-refractivity contribution in [2.45, 2.75) is 70.8 Å². The highest BCUT2D eigenvalue weighted by molar-refractivity contribution is 4.88. The molecule has 1 rings (SSSR count). The summed E-state index contributed by atoms with van der Waals surface area (Å²) in [6.07, 6.45) is -1.65. The Kier molecular flexibility index (Phi) is 5.46. The molecule has 1 saturated carbocycles. The van der Waals surface area contributed by atoms with E-state index in [1.54, 1.807) is 13.8 Å². The molecule has 0 heterocycles. The summed E-state index contributed by atoms with van der Waals surface area (Å²) in [4.78, 5) is 1.41. The normalized spacial score (nSPS) is 30.2. The van der Waals surface area contributed by atoms with Gasteiger partial charge >= 0.3 is 6.18 Å². The standard InChI is InChI=1S/C13H24F3NO/c1-4-10-5-6-12(18)11(7-10)17(9(2)3)8-13(14,15)16/h9-12,18H,4-8H2,1-3H3. The fourth-order valence-corrected chi connectivity index (χ4v) is 2.83. The third-order valence-corrected chi connectivity index (χ3v) is 3.92. The molecule has 18 heavy (non-hydrogen) atoms. The van der Waals surface area contributed by atoms with Crippen LogP contribution in [0.15, 0.2) is 0 Å². The highest BCUT2D eigenvalue weighted by Gasteiger charge is 2.39. The average Bonchev–Trinajstić information content (AvgIpc) is 2.25. The second-order valence-electron chi connectivity index (χ2n) is 5.60. The minimum absolute atomic E-state index is 0.207. The van der Waals surface area contributed by atoms with Gasteiger partial charge < -0.3 is 5.11 Å². The molecule has 0 spiro atoms. The number of nitrogens with zero attached hydrogens (tertiary/aromatic N) is 1. The van der Waals surface area contributed by atoms with E-state index in [1.807, 2.05) is 0 Å². The van der Waals surface area contributed by atoms with E-state index in [0.29, 0.717) is 18.8 Å². The lowest BCUT2D eigenvalue weighted by Crippen LogP contribution is -2.53. The molecule has 0 aromatic heterocycles. The van der Waals surface area contributed by atoms with Gasteiger partial charge in [-0.05, 0) is 39.0 Å². The van der Waals surface area contributed by atoms with E-state index in [1.165, 1.54) is 4.90 Å². The molecule has 0 amide bonds. The smallest absolute Gasteiger partial charge is 0.391 e. The summed E-state index contributed by atoms with van der Waals surface area (Å²) in [5, 5.41) is 9.99. The number of aliphatic hydroxyl groups excluding tert-OH is 1. The number of alkyl halides is 3. The van der Waals surface area contributed by atoms with Crippen LogP contribution in [0.3, 0.4) is 0 Å². The van der Waals surface area contributed by atoms with Crippen LogP contribution in [0.1, 0.15) is 46.5 Å². The lowest BCUT2D eigenvalue weighted by molar-refractivity contribution is -0.164. The van der Waals surface area contributed by atoms with Crippen molar-refractivity contribution in [1.29, 1.82) is 0 Å². The molecule has 3 atom stereocenters. The van der Waals surface area contributed by atoms with Crippen LogP contribution in [0.4, 0.5) is 13.2 Å². The Morgan fingerprint density at radius 2 is 1.89 bits per heavy atom. The molecule has 0 aromatic carbocycles. The highest BCUT2D eigenvalue weighted by Crippen LogP contribution is 2.32. The SMILES string of the molecule is CCC1CCC(O)C(N(CC(F)(F)F)C(C)C)C1. The lowest BCUT2D eigenvalue weighted by Gasteiger charge is -2.42. The summed E-state index contributed by atoms with van der Waals surface area (Å²) in [5.74, 6) is 0.438. The molecule has 0 bridgehead atoms. The van der Waals surface area contributed by atoms with Gasteiger partial charge in [0.05, 0.1) is 12.6 Å². The maximum atomic E-state index is 12.6. The zero-order valence-corrected chi connectivity index (χ0v) is 11.4. The lowest BCUT2D eigenvalue weighted by atomic mass is 9.81. The van der Waals surface area contributed by atoms with Crippen LogP contribution in [-0.4, -0.2) is 40.9 Å². The second-order valence-corrected chi connectivity index (χ2v) is 5.60. The molecule has 0 aromatic rings. The van der Waals surface area contributed by atoms with E-state index in [4.69, 9.17) is 0 Å². The van der Waals surface area contributed by atoms with Gasteiger partial charge in [0.2, 0.25) is 0 Å². The summed E-state index contributed by atoms with van der Waals surface area (Å²) in [5.41, 5.74) is 0. The Labute approximate surface area is 107 Å². The van der Waals surface area contributed by atoms with Gasteiger partial charge in [-0.25, -0.2) is 0 Å². The van der Waals surface area contributed by atoms with Crippen molar-refractivity contribution >= 4 is 0 Å². The zero-order chi connectivity index (χ0) is 13.9. The minimum atomic E-state index is -4.21. The third-order valence-electron chi connectivity index (χ3n) is 3.92. The topological polar surface area (TPSA) is 23.5 Å². The predicted molar refractivity (Wildman–Crippen MR) is 65.3 cm³/mol. The van der Waals surface area contributed by atoms with Crippen LogP contribution in [0.5, 0.6) is 0 Å². The molecule has 1 aliphatic carbocycles. The maximum absolute atomic E-state index is 12.6. The summed E-state index contributed by atoms with van der Waals surface area (Å²) in [7, 11) is 0. The first-order valence-electron chi connectivity index (χ1n) is 6.75. The first kappa shape index (κ1) is 15.8. The molecule has 3 unspecified atom stereocenters. The molecule has 1 aliphatic rings. The number of hydrogen-bond donors (Lipinski definition) is 1. The molecule has 0 radical (unpaired) electrons. The predicted octanol–water partition coefficient (Wildman–Crippen LogP) is 3.20. The monoisotopic (exact) mass is 267 g/mol. The summed E-state index contributed by atoms with van der Waals surface area (Å²) in [6, 6.07) is -0.563. The van der Waals surface area contributed by atoms with Crippen LogP contribution in [-0.2, 0) is 0 Å². The summed E-state index contributed by atoms with van der Waals surface area (Å²) >= 11 is 0. The van der Waals surface area contributed by atoms with Gasteiger partial charge in [-0.3, -0.25) is 4.90 Å². The zero-order valence-electron chi connectivity index (χ0n) is 11.4. The first-order chi connectivity index (χ1) is 8.24. The van der Waals surface area contributed by atoms with Gasteiger partial charge in [0, 0.05) is 12.1 Å². The number of halogens is 3. The van der Waals surface area contributed by atoms with Crippen LogP contribution >= 0.6 is 0 Å². The van der Waals surface area contributed by atoms with Crippen molar-refractivity contribution in [1.82, 2.24) is 4.90 Å². The Morgan fingerprint density at radius 1 is 1.28 bits per heavy atom. The van der Waals surface area contributed by atoms with E-state index >= 15 is 0 Å². The van der Waals surface area contributed by atoms with Gasteiger partial charge in [-0.1, -0.05) is 13.3 Å². The minimum Gasteiger partial charge on any atom is -0.391 e. The molecule has 5 heteroatoms. The van der Waals surface area contributed by atoms with Crippen molar-refractivity contribution < 1.29 is 18.3 Å². The average molecular weight is 267 g/mol. The van der Waals surface area contributed by atoms with Crippen molar-refractivity contribution in [3.63, 3.8) is 0 Å². The molecule has 0 saturated heterocycles. The number of rotatable bonds is 4. The first-order valence-corrected chi connectivity index (χ1v) is 6.75. The van der Waals surface area contributed by atoms with E-state index in [-0.39, 0.29) is 12.1 Å². The van der Waals surface area contributed by atoms with Crippen LogP contribution in [0, 0.1) is 5.92 Å². The van der Waals surface area contributed by atoms with Crippen molar-refractivity contribution in [2.75, 3.05) is 6.54 Å². The number of aliphatic hydroxyl groups is 1. The van der Waals surface area contributed by atoms with Crippen LogP contribution < -0.4 is 0 Å². The molecule has 1 N–H and O–H groups in total. The Morgan fingerprint density at radius 3 is 2.33 bits per heavy atom. The summed E-state index contributed by atoms with van der Waals surface area (Å²) < 4.78 is 37.8. The van der Waals surface area contributed by atoms with Gasteiger partial charge in [0.1, 0.15) is 0 Å². The highest BCUT2D eigenvalue weighted by atomic mass is 19.4. The van der Waals surface area contributed by atoms with Gasteiger partial charge in [-0.15, -0.1) is 0 Å². The van der Waals surface area contributed by atoms with E-state index in [0.717, 1.165) is 12.8 Å². The van der Waals surface area contributed by atoms with Crippen molar-refractivity contribution in [2.24, 2.45) is 5.92 Å². The molecule has 108 valence electrons. The third kappa shape index (κ3) is 4.43. The molecule has 2 nitrogen and oxygen atoms in total. The molecule has 1 fully saturated rings. The molecular weight excluding hydrogens is 243 g/mol. The fraction of sp³-hybridized carbons (Fsp3) is 1.00. The Hall–Kier alpha value is -0.290.